The van der Waals surface area contributed by atoms with Crippen LogP contribution >= 0.6 is 0 Å². The van der Waals surface area contributed by atoms with Crippen molar-refractivity contribution in [3.05, 3.63) is 35.4 Å². The second-order valence-corrected chi connectivity index (χ2v) is 7.20. The monoisotopic (exact) mass is 430 g/mol. The third kappa shape index (κ3) is 4.84. The molecule has 0 N–H and O–H groups in total. The summed E-state index contributed by atoms with van der Waals surface area (Å²) in [6, 6.07) is 2.27. The normalized spacial score (nSPS) is 13.2. The Balaban J connectivity index is 3.09. The Labute approximate surface area is 140 Å². The zero-order valence-corrected chi connectivity index (χ0v) is 13.3. The quantitative estimate of drug-likeness (QED) is 0.402. The predicted octanol–water partition coefficient (Wildman–Crippen LogP) is 1.70. The van der Waals surface area contributed by atoms with Gasteiger partial charge in [0.15, 0.2) is 0 Å². The van der Waals surface area contributed by atoms with Crippen LogP contribution in [0.3, 0.4) is 0 Å². The molecule has 0 spiro atoms. The fraction of sp³-hybridized carbons (Fsp3) is 0.200. The number of alkyl halides is 6. The Hall–Kier alpha value is -2.36. The van der Waals surface area contributed by atoms with E-state index in [1.807, 2.05) is 0 Å². The first-order chi connectivity index (χ1) is 11.5. The van der Waals surface area contributed by atoms with E-state index in [1.165, 1.54) is 0 Å². The highest BCUT2D eigenvalue weighted by atomic mass is 32.2. The summed E-state index contributed by atoms with van der Waals surface area (Å²) < 4.78 is 122. The summed E-state index contributed by atoms with van der Waals surface area (Å²) in [5, 5.41) is 0. The van der Waals surface area contributed by atoms with Crippen LogP contribution in [0.25, 0.3) is 0 Å². The van der Waals surface area contributed by atoms with Gasteiger partial charge in [-0.2, -0.15) is 43.2 Å². The molecule has 0 heterocycles. The summed E-state index contributed by atoms with van der Waals surface area (Å²) in [7, 11) is -12.7. The minimum atomic E-state index is -6.34. The van der Waals surface area contributed by atoms with Crippen LogP contribution in [0.4, 0.5) is 26.3 Å². The van der Waals surface area contributed by atoms with Gasteiger partial charge in [0.25, 0.3) is 0 Å². The number of hydrogen-bond donors (Lipinski definition) is 0. The lowest BCUT2D eigenvalue weighted by atomic mass is 10.1. The second-order valence-electron chi connectivity index (χ2n) is 4.12. The lowest BCUT2D eigenvalue weighted by Crippen LogP contribution is -2.29. The number of hydrogen-bond acceptors (Lipinski definition) is 8. The maximum atomic E-state index is 12.1. The first-order valence-electron chi connectivity index (χ1n) is 5.68. The fourth-order valence-corrected chi connectivity index (χ4v) is 1.94. The van der Waals surface area contributed by atoms with Gasteiger partial charge in [-0.1, -0.05) is 6.07 Å². The van der Waals surface area contributed by atoms with Crippen molar-refractivity contribution in [1.82, 2.24) is 0 Å². The van der Waals surface area contributed by atoms with Gasteiger partial charge in [-0.05, 0) is 18.2 Å². The van der Waals surface area contributed by atoms with Gasteiger partial charge >= 0.3 is 43.2 Å². The maximum absolute atomic E-state index is 12.1. The Kier molecular flexibility index (Phi) is 5.63. The van der Waals surface area contributed by atoms with E-state index in [4.69, 9.17) is 0 Å². The summed E-state index contributed by atoms with van der Waals surface area (Å²) in [5.74, 6) is -4.26. The van der Waals surface area contributed by atoms with Crippen LogP contribution in [0.2, 0.25) is 0 Å². The standard InChI is InChI=1S/C10H4F6O8S2/c11-9(12,13)25(19,20)23-7(17)5-2-1-3-6(4-5)8(18)24-26(21,22)10(14,15)16/h1-4H. The summed E-state index contributed by atoms with van der Waals surface area (Å²) in [6.07, 6.45) is 0. The molecule has 26 heavy (non-hydrogen) atoms. The van der Waals surface area contributed by atoms with E-state index < -0.39 is 54.3 Å². The molecular formula is C10H4F6O8S2. The molecule has 0 saturated carbocycles. The SMILES string of the molecule is O=C(OS(=O)(=O)C(F)(F)F)c1cccc(C(=O)OS(=O)(=O)C(F)(F)F)c1. The zero-order valence-electron chi connectivity index (χ0n) is 11.7. The van der Waals surface area contributed by atoms with Gasteiger partial charge in [-0.3, -0.25) is 0 Å². The highest BCUT2D eigenvalue weighted by Crippen LogP contribution is 2.27. The van der Waals surface area contributed by atoms with Crippen molar-refractivity contribution in [3.8, 4) is 0 Å². The summed E-state index contributed by atoms with van der Waals surface area (Å²) in [6.45, 7) is 0. The molecule has 0 fully saturated rings. The summed E-state index contributed by atoms with van der Waals surface area (Å²) in [5.41, 5.74) is -13.9. The summed E-state index contributed by atoms with van der Waals surface area (Å²) in [4.78, 5) is 22.7. The molecule has 1 aromatic rings. The molecule has 1 rings (SSSR count). The highest BCUT2D eigenvalue weighted by Gasteiger charge is 2.50. The third-order valence-corrected chi connectivity index (χ3v) is 4.15. The molecule has 0 bridgehead atoms. The lowest BCUT2D eigenvalue weighted by Gasteiger charge is -2.09. The van der Waals surface area contributed by atoms with Crippen LogP contribution in [0.15, 0.2) is 24.3 Å². The van der Waals surface area contributed by atoms with E-state index >= 15 is 0 Å². The molecule has 0 saturated heterocycles. The molecule has 0 aliphatic carbocycles. The number of halogens is 6. The molecule has 146 valence electrons. The summed E-state index contributed by atoms with van der Waals surface area (Å²) >= 11 is 0. The minimum absolute atomic E-state index is 0.266. The van der Waals surface area contributed by atoms with Gasteiger partial charge in [0, 0.05) is 0 Å². The molecule has 0 amide bonds. The van der Waals surface area contributed by atoms with Crippen molar-refractivity contribution in [2.45, 2.75) is 11.0 Å². The van der Waals surface area contributed by atoms with Crippen molar-refractivity contribution in [3.63, 3.8) is 0 Å². The molecule has 0 aliphatic rings. The topological polar surface area (TPSA) is 121 Å². The van der Waals surface area contributed by atoms with Crippen molar-refractivity contribution in [2.24, 2.45) is 0 Å². The van der Waals surface area contributed by atoms with E-state index in [0.29, 0.717) is 18.2 Å². The first kappa shape index (κ1) is 21.7. The van der Waals surface area contributed by atoms with Crippen molar-refractivity contribution >= 4 is 32.2 Å². The fourth-order valence-electron chi connectivity index (χ4n) is 1.16. The molecule has 0 radical (unpaired) electrons. The average molecular weight is 430 g/mol. The number of carbonyl (C=O) groups is 2. The number of benzene rings is 1. The maximum Gasteiger partial charge on any atom is 0.534 e. The number of carbonyl (C=O) groups excluding carboxylic acids is 2. The Morgan fingerprint density at radius 2 is 1.04 bits per heavy atom. The Bertz CT molecular complexity index is 856. The largest absolute Gasteiger partial charge is 0.534 e. The average Bonchev–Trinajstić information content (AvgIpc) is 2.44. The first-order valence-corrected chi connectivity index (χ1v) is 8.50. The van der Waals surface area contributed by atoms with Gasteiger partial charge in [0.2, 0.25) is 0 Å². The van der Waals surface area contributed by atoms with E-state index in [1.54, 1.807) is 0 Å². The predicted molar refractivity (Wildman–Crippen MR) is 67.2 cm³/mol. The van der Waals surface area contributed by atoms with Crippen LogP contribution in [-0.4, -0.2) is 39.8 Å². The molecule has 0 unspecified atom stereocenters. The van der Waals surface area contributed by atoms with E-state index in [9.17, 15) is 52.8 Å². The van der Waals surface area contributed by atoms with Crippen LogP contribution in [0.1, 0.15) is 20.7 Å². The van der Waals surface area contributed by atoms with Crippen LogP contribution in [0, 0.1) is 0 Å². The molecule has 16 heteroatoms. The van der Waals surface area contributed by atoms with E-state index in [0.717, 1.165) is 0 Å². The van der Waals surface area contributed by atoms with Crippen LogP contribution < -0.4 is 0 Å². The van der Waals surface area contributed by atoms with Crippen LogP contribution in [0.5, 0.6) is 0 Å². The van der Waals surface area contributed by atoms with Crippen molar-refractivity contribution in [2.75, 3.05) is 0 Å². The van der Waals surface area contributed by atoms with Crippen molar-refractivity contribution < 1.29 is 61.1 Å². The van der Waals surface area contributed by atoms with Gasteiger partial charge in [-0.25, -0.2) is 9.59 Å². The Morgan fingerprint density at radius 3 is 1.31 bits per heavy atom. The smallest absolute Gasteiger partial charge is 0.335 e. The molecule has 0 aromatic heterocycles. The Morgan fingerprint density at radius 1 is 0.731 bits per heavy atom. The van der Waals surface area contributed by atoms with E-state index in [2.05, 4.69) is 8.37 Å². The number of rotatable bonds is 4. The molecule has 8 nitrogen and oxygen atoms in total. The van der Waals surface area contributed by atoms with Gasteiger partial charge in [-0.15, -0.1) is 0 Å². The van der Waals surface area contributed by atoms with E-state index in [-0.39, 0.29) is 6.07 Å². The molecular weight excluding hydrogens is 426 g/mol. The highest BCUT2D eigenvalue weighted by molar-refractivity contribution is 7.88. The van der Waals surface area contributed by atoms with Gasteiger partial charge in [0.05, 0.1) is 11.1 Å². The third-order valence-electron chi connectivity index (χ3n) is 2.27. The van der Waals surface area contributed by atoms with Gasteiger partial charge in [0.1, 0.15) is 0 Å². The lowest BCUT2D eigenvalue weighted by molar-refractivity contribution is -0.0527. The molecule has 1 aromatic carbocycles. The minimum Gasteiger partial charge on any atom is -0.335 e. The van der Waals surface area contributed by atoms with Crippen molar-refractivity contribution in [1.29, 1.82) is 0 Å². The van der Waals surface area contributed by atoms with Crippen LogP contribution in [-0.2, 0) is 28.6 Å². The zero-order chi connectivity index (χ0) is 20.6. The van der Waals surface area contributed by atoms with Gasteiger partial charge < -0.3 is 8.37 Å². The molecule has 0 aliphatic heterocycles. The molecule has 0 atom stereocenters. The second kappa shape index (κ2) is 6.75.